The summed E-state index contributed by atoms with van der Waals surface area (Å²) < 4.78 is 2.60. The minimum absolute atomic E-state index is 0.457. The van der Waals surface area contributed by atoms with E-state index in [2.05, 4.69) is 143 Å². The second kappa shape index (κ2) is 12.2. The minimum Gasteiger partial charge on any atom is -0.366 e. The van der Waals surface area contributed by atoms with Crippen LogP contribution in [0, 0.1) is 11.8 Å². The molecular weight excluding hydrogens is 637 g/mol. The molecule has 0 saturated carbocycles. The predicted molar refractivity (Wildman–Crippen MR) is 215 cm³/mol. The lowest BCUT2D eigenvalue weighted by Gasteiger charge is -2.44. The van der Waals surface area contributed by atoms with Gasteiger partial charge in [-0.15, -0.1) is 11.8 Å². The Morgan fingerprint density at radius 2 is 1.71 bits per heavy atom. The average Bonchev–Trinajstić information content (AvgIpc) is 3.86. The van der Waals surface area contributed by atoms with Gasteiger partial charge in [-0.25, -0.2) is 0 Å². The quantitative estimate of drug-likeness (QED) is 0.253. The van der Waals surface area contributed by atoms with Gasteiger partial charge in [-0.3, -0.25) is 0 Å². The Morgan fingerprint density at radius 3 is 2.67 bits per heavy atom. The third-order valence-corrected chi connectivity index (χ3v) is 14.7. The predicted octanol–water partition coefficient (Wildman–Crippen LogP) is 12.0. The SMILES string of the molecule is C1=CC(C2=CCCC=C2)CC(n2c3c(c4cc(C5=CC6C7=C(CCC=C7)N(C7CC=CC8c9ccccc9SC87)C6CC5)ccc42)CCC=C3)=C1. The monoisotopic (exact) mass is 682 g/mol. The molecule has 0 radical (unpaired) electrons. The summed E-state index contributed by atoms with van der Waals surface area (Å²) in [6.07, 6.45) is 43.3. The highest BCUT2D eigenvalue weighted by molar-refractivity contribution is 8.00. The van der Waals surface area contributed by atoms with Crippen LogP contribution in [0.5, 0.6) is 0 Å². The van der Waals surface area contributed by atoms with Gasteiger partial charge in [-0.1, -0.05) is 91.1 Å². The van der Waals surface area contributed by atoms with Gasteiger partial charge in [0.15, 0.2) is 0 Å². The van der Waals surface area contributed by atoms with Crippen molar-refractivity contribution in [2.75, 3.05) is 0 Å². The third-order valence-electron chi connectivity index (χ3n) is 13.2. The van der Waals surface area contributed by atoms with Crippen molar-refractivity contribution in [2.24, 2.45) is 11.8 Å². The molecule has 6 aliphatic carbocycles. The lowest BCUT2D eigenvalue weighted by Crippen LogP contribution is -2.48. The number of benzene rings is 2. The van der Waals surface area contributed by atoms with Crippen LogP contribution in [0.2, 0.25) is 0 Å². The fourth-order valence-corrected chi connectivity index (χ4v) is 12.5. The number of thioether (sulfide) groups is 1. The standard InChI is InChI=1S/C48H46N2S/c1-2-12-31(13-3-1)32-14-10-15-35(28-32)49-42-20-7-4-16-36(42)40-29-33(24-26-44(40)49)34-25-27-45-41(30-34)37-17-5-8-21-43(37)50(45)46-22-11-19-39-38-18-6-9-23-47(38)51-48(39)46/h2,5-7,9-15,17-20,23-24,26,29-30,32,39,41,45-46,48H,1,3-4,8,16,21-22,25,27-28H2. The average molecular weight is 683 g/mol. The fraction of sp³-hybridized carbons (Fsp3) is 0.333. The highest BCUT2D eigenvalue weighted by Gasteiger charge is 2.49. The van der Waals surface area contributed by atoms with Crippen LogP contribution in [0.25, 0.3) is 28.2 Å². The fourth-order valence-electron chi connectivity index (χ4n) is 10.9. The second-order valence-corrected chi connectivity index (χ2v) is 17.1. The van der Waals surface area contributed by atoms with Gasteiger partial charge in [-0.2, -0.15) is 0 Å². The summed E-state index contributed by atoms with van der Waals surface area (Å²) in [5.41, 5.74) is 15.0. The van der Waals surface area contributed by atoms with Crippen LogP contribution in [-0.4, -0.2) is 26.8 Å². The van der Waals surface area contributed by atoms with Crippen molar-refractivity contribution in [1.82, 2.24) is 9.47 Å². The summed E-state index contributed by atoms with van der Waals surface area (Å²) in [5, 5.41) is 2.06. The van der Waals surface area contributed by atoms with Crippen LogP contribution in [0.4, 0.5) is 0 Å². The van der Waals surface area contributed by atoms with E-state index < -0.39 is 0 Å². The van der Waals surface area contributed by atoms with Crippen molar-refractivity contribution >= 4 is 40.0 Å². The zero-order valence-electron chi connectivity index (χ0n) is 29.4. The molecule has 0 fully saturated rings. The molecule has 3 heterocycles. The lowest BCUT2D eigenvalue weighted by molar-refractivity contribution is 0.162. The van der Waals surface area contributed by atoms with Crippen molar-refractivity contribution in [2.45, 2.75) is 92.4 Å². The number of aryl methyl sites for hydroxylation is 1. The number of fused-ring (bicyclic) bond motifs is 8. The molecular formula is C48H46N2S. The van der Waals surface area contributed by atoms with E-state index in [1.54, 1.807) is 22.4 Å². The Hall–Kier alpha value is -4.21. The zero-order chi connectivity index (χ0) is 33.5. The topological polar surface area (TPSA) is 8.17 Å². The van der Waals surface area contributed by atoms with Crippen LogP contribution in [0.1, 0.15) is 86.1 Å². The van der Waals surface area contributed by atoms with Crippen LogP contribution in [0.15, 0.2) is 137 Å². The van der Waals surface area contributed by atoms with E-state index in [9.17, 15) is 0 Å². The van der Waals surface area contributed by atoms with E-state index in [0.29, 0.717) is 35.1 Å². The number of nitrogens with zero attached hydrogens (tertiary/aromatic N) is 2. The molecule has 11 rings (SSSR count). The van der Waals surface area contributed by atoms with E-state index in [1.807, 2.05) is 0 Å². The maximum absolute atomic E-state index is 2.97. The third kappa shape index (κ3) is 4.83. The van der Waals surface area contributed by atoms with Gasteiger partial charge in [0, 0.05) is 62.5 Å². The van der Waals surface area contributed by atoms with Crippen LogP contribution < -0.4 is 0 Å². The van der Waals surface area contributed by atoms with Gasteiger partial charge in [0.05, 0.1) is 5.52 Å². The zero-order valence-corrected chi connectivity index (χ0v) is 30.2. The molecule has 51 heavy (non-hydrogen) atoms. The van der Waals surface area contributed by atoms with Crippen LogP contribution >= 0.6 is 11.8 Å². The van der Waals surface area contributed by atoms with Crippen molar-refractivity contribution in [1.29, 1.82) is 0 Å². The Labute approximate surface area is 307 Å². The molecule has 6 unspecified atom stereocenters. The van der Waals surface area contributed by atoms with Gasteiger partial charge in [0.25, 0.3) is 0 Å². The summed E-state index contributed by atoms with van der Waals surface area (Å²) in [4.78, 5) is 4.47. The van der Waals surface area contributed by atoms with E-state index in [-0.39, 0.29) is 0 Å². The van der Waals surface area contributed by atoms with E-state index in [1.165, 1.54) is 76.0 Å². The Morgan fingerprint density at radius 1 is 0.784 bits per heavy atom. The molecule has 0 amide bonds. The molecule has 8 aliphatic rings. The summed E-state index contributed by atoms with van der Waals surface area (Å²) in [6.45, 7) is 0. The number of rotatable bonds is 4. The number of aromatic nitrogens is 1. The summed E-state index contributed by atoms with van der Waals surface area (Å²) in [5.74, 6) is 1.47. The highest BCUT2D eigenvalue weighted by atomic mass is 32.2. The van der Waals surface area contributed by atoms with Crippen LogP contribution in [-0.2, 0) is 6.42 Å². The molecule has 0 spiro atoms. The largest absolute Gasteiger partial charge is 0.366 e. The molecule has 1 aromatic heterocycles. The van der Waals surface area contributed by atoms with Gasteiger partial charge < -0.3 is 9.47 Å². The summed E-state index contributed by atoms with van der Waals surface area (Å²) in [6, 6.07) is 17.8. The molecule has 2 aliphatic heterocycles. The first-order chi connectivity index (χ1) is 25.3. The minimum atomic E-state index is 0.457. The molecule has 0 bridgehead atoms. The maximum atomic E-state index is 2.97. The van der Waals surface area contributed by atoms with Gasteiger partial charge in [-0.05, 0) is 128 Å². The number of hydrogen-bond acceptors (Lipinski definition) is 2. The van der Waals surface area contributed by atoms with E-state index >= 15 is 0 Å². The highest BCUT2D eigenvalue weighted by Crippen LogP contribution is 2.55. The molecule has 6 atom stereocenters. The molecule has 2 nitrogen and oxygen atoms in total. The first-order valence-electron chi connectivity index (χ1n) is 19.7. The summed E-state index contributed by atoms with van der Waals surface area (Å²) >= 11 is 2.15. The molecule has 0 N–H and O–H groups in total. The Bertz CT molecular complexity index is 2240. The van der Waals surface area contributed by atoms with Crippen molar-refractivity contribution in [3.8, 4) is 0 Å². The molecule has 254 valence electrons. The lowest BCUT2D eigenvalue weighted by atomic mass is 9.79. The molecule has 3 aromatic rings. The van der Waals surface area contributed by atoms with E-state index in [4.69, 9.17) is 0 Å². The summed E-state index contributed by atoms with van der Waals surface area (Å²) in [7, 11) is 0. The Kier molecular flexibility index (Phi) is 7.27. The van der Waals surface area contributed by atoms with Gasteiger partial charge in [0.1, 0.15) is 0 Å². The van der Waals surface area contributed by atoms with Crippen LogP contribution in [0.3, 0.4) is 0 Å². The molecule has 3 heteroatoms. The molecule has 0 saturated heterocycles. The smallest absolute Gasteiger partial charge is 0.0534 e. The van der Waals surface area contributed by atoms with E-state index in [0.717, 1.165) is 32.1 Å². The Balaban J connectivity index is 0.937. The molecule has 2 aromatic carbocycles. The second-order valence-electron chi connectivity index (χ2n) is 15.9. The maximum Gasteiger partial charge on any atom is 0.0534 e. The normalized spacial score (nSPS) is 30.1. The van der Waals surface area contributed by atoms with Crippen molar-refractivity contribution in [3.63, 3.8) is 0 Å². The van der Waals surface area contributed by atoms with Crippen molar-refractivity contribution in [3.05, 3.63) is 155 Å². The first kappa shape index (κ1) is 30.4. The number of allylic oxidation sites excluding steroid dienone is 14. The number of hydrogen-bond donors (Lipinski definition) is 0. The first-order valence-corrected chi connectivity index (χ1v) is 20.6. The van der Waals surface area contributed by atoms with Crippen molar-refractivity contribution < 1.29 is 0 Å². The van der Waals surface area contributed by atoms with Gasteiger partial charge >= 0.3 is 0 Å². The van der Waals surface area contributed by atoms with Gasteiger partial charge in [0.2, 0.25) is 0 Å².